The highest BCUT2D eigenvalue weighted by Gasteiger charge is 2.21. The highest BCUT2D eigenvalue weighted by Crippen LogP contribution is 2.25. The highest BCUT2D eigenvalue weighted by molar-refractivity contribution is 7.99. The lowest BCUT2D eigenvalue weighted by atomic mass is 9.88. The zero-order chi connectivity index (χ0) is 17.5. The number of anilines is 2. The summed E-state index contributed by atoms with van der Waals surface area (Å²) in [7, 11) is 0. The van der Waals surface area contributed by atoms with Crippen LogP contribution < -0.4 is 16.0 Å². The highest BCUT2D eigenvalue weighted by atomic mass is 32.2. The van der Waals surface area contributed by atoms with Crippen LogP contribution in [-0.2, 0) is 9.59 Å². The second-order valence-electron chi connectivity index (χ2n) is 6.88. The van der Waals surface area contributed by atoms with Gasteiger partial charge in [-0.15, -0.1) is 0 Å². The summed E-state index contributed by atoms with van der Waals surface area (Å²) < 4.78 is 0. The van der Waals surface area contributed by atoms with E-state index in [1.54, 1.807) is 0 Å². The number of carbonyl (C=O) groups is 2. The second-order valence-corrected chi connectivity index (χ2v) is 8.03. The van der Waals surface area contributed by atoms with Gasteiger partial charge in [-0.25, -0.2) is 0 Å². The molecule has 3 rings (SSSR count). The number of thioether (sulfide) groups is 1. The van der Waals surface area contributed by atoms with Crippen molar-refractivity contribution in [1.82, 2.24) is 5.32 Å². The summed E-state index contributed by atoms with van der Waals surface area (Å²) in [6, 6.07) is 7.67. The van der Waals surface area contributed by atoms with E-state index in [4.69, 9.17) is 0 Å². The fraction of sp³-hybridized carbons (Fsp3) is 0.579. The van der Waals surface area contributed by atoms with Crippen molar-refractivity contribution < 1.29 is 9.59 Å². The minimum Gasteiger partial charge on any atom is -0.326 e. The fourth-order valence-electron chi connectivity index (χ4n) is 3.47. The smallest absolute Gasteiger partial charge is 0.227 e. The molecule has 6 heteroatoms. The predicted octanol–water partition coefficient (Wildman–Crippen LogP) is 3.24. The molecule has 3 N–H and O–H groups in total. The SMILES string of the molecule is O=C(CC1CSCCN1)Nc1cccc(NC(=O)C2CCCCC2)c1. The third-order valence-electron chi connectivity index (χ3n) is 4.82. The molecule has 2 aliphatic rings. The molecule has 0 bridgehead atoms. The molecule has 1 aliphatic heterocycles. The van der Waals surface area contributed by atoms with Crippen LogP contribution in [0.25, 0.3) is 0 Å². The Hall–Kier alpha value is -1.53. The summed E-state index contributed by atoms with van der Waals surface area (Å²) in [4.78, 5) is 24.6. The normalized spacial score (nSPS) is 21.5. The van der Waals surface area contributed by atoms with Gasteiger partial charge in [0.1, 0.15) is 0 Å². The minimum atomic E-state index is 0.00996. The van der Waals surface area contributed by atoms with E-state index >= 15 is 0 Å². The third kappa shape index (κ3) is 5.75. The Kier molecular flexibility index (Phi) is 6.76. The zero-order valence-corrected chi connectivity index (χ0v) is 15.4. The van der Waals surface area contributed by atoms with Crippen LogP contribution in [0.2, 0.25) is 0 Å². The van der Waals surface area contributed by atoms with E-state index in [9.17, 15) is 9.59 Å². The van der Waals surface area contributed by atoms with E-state index in [0.29, 0.717) is 6.42 Å². The first kappa shape index (κ1) is 18.3. The molecule has 2 fully saturated rings. The van der Waals surface area contributed by atoms with Crippen LogP contribution in [0.1, 0.15) is 38.5 Å². The molecular formula is C19H27N3O2S. The Bertz CT molecular complexity index is 596. The summed E-state index contributed by atoms with van der Waals surface area (Å²) in [5.74, 6) is 2.33. The number of benzene rings is 1. The van der Waals surface area contributed by atoms with Crippen LogP contribution in [0.15, 0.2) is 24.3 Å². The molecule has 1 atom stereocenters. The van der Waals surface area contributed by atoms with E-state index in [1.165, 1.54) is 6.42 Å². The van der Waals surface area contributed by atoms with Crippen LogP contribution in [0.5, 0.6) is 0 Å². The molecule has 0 spiro atoms. The number of hydrogen-bond donors (Lipinski definition) is 3. The Balaban J connectivity index is 1.51. The molecule has 1 saturated carbocycles. The molecule has 136 valence electrons. The van der Waals surface area contributed by atoms with E-state index in [2.05, 4.69) is 16.0 Å². The van der Waals surface area contributed by atoms with Crippen LogP contribution in [-0.4, -0.2) is 35.9 Å². The van der Waals surface area contributed by atoms with Crippen molar-refractivity contribution in [3.8, 4) is 0 Å². The van der Waals surface area contributed by atoms with E-state index in [-0.39, 0.29) is 23.8 Å². The van der Waals surface area contributed by atoms with E-state index < -0.39 is 0 Å². The largest absolute Gasteiger partial charge is 0.326 e. The lowest BCUT2D eigenvalue weighted by molar-refractivity contribution is -0.120. The Labute approximate surface area is 153 Å². The first-order valence-corrected chi connectivity index (χ1v) is 10.4. The molecule has 1 heterocycles. The number of rotatable bonds is 5. The molecule has 2 amide bonds. The molecule has 1 unspecified atom stereocenters. The van der Waals surface area contributed by atoms with Gasteiger partial charge in [0.05, 0.1) is 0 Å². The summed E-state index contributed by atoms with van der Waals surface area (Å²) in [5.41, 5.74) is 1.48. The lowest BCUT2D eigenvalue weighted by Crippen LogP contribution is -2.39. The summed E-state index contributed by atoms with van der Waals surface area (Å²) in [5, 5.41) is 9.31. The monoisotopic (exact) mass is 361 g/mol. The molecular weight excluding hydrogens is 334 g/mol. The fourth-order valence-corrected chi connectivity index (χ4v) is 4.42. The Morgan fingerprint density at radius 3 is 2.60 bits per heavy atom. The summed E-state index contributed by atoms with van der Waals surface area (Å²) in [6.45, 7) is 0.964. The first-order valence-electron chi connectivity index (χ1n) is 9.22. The van der Waals surface area contributed by atoms with Crippen LogP contribution in [0, 0.1) is 5.92 Å². The van der Waals surface area contributed by atoms with Gasteiger partial charge in [0, 0.05) is 47.8 Å². The second kappa shape index (κ2) is 9.25. The number of hydrogen-bond acceptors (Lipinski definition) is 4. The van der Waals surface area contributed by atoms with Gasteiger partial charge in [-0.2, -0.15) is 11.8 Å². The molecule has 25 heavy (non-hydrogen) atoms. The van der Waals surface area contributed by atoms with Crippen LogP contribution in [0.4, 0.5) is 11.4 Å². The summed E-state index contributed by atoms with van der Waals surface area (Å²) >= 11 is 1.88. The molecule has 5 nitrogen and oxygen atoms in total. The predicted molar refractivity (Wildman–Crippen MR) is 104 cm³/mol. The molecule has 1 saturated heterocycles. The number of amides is 2. The van der Waals surface area contributed by atoms with Crippen LogP contribution >= 0.6 is 11.8 Å². The molecule has 1 aromatic carbocycles. The zero-order valence-electron chi connectivity index (χ0n) is 14.6. The average Bonchev–Trinajstić information content (AvgIpc) is 2.63. The first-order chi connectivity index (χ1) is 12.2. The maximum atomic E-state index is 12.4. The lowest BCUT2D eigenvalue weighted by Gasteiger charge is -2.22. The van der Waals surface area contributed by atoms with Gasteiger partial charge in [-0.05, 0) is 31.0 Å². The quantitative estimate of drug-likeness (QED) is 0.753. The van der Waals surface area contributed by atoms with Crippen molar-refractivity contribution in [3.05, 3.63) is 24.3 Å². The van der Waals surface area contributed by atoms with Crippen molar-refractivity contribution in [2.45, 2.75) is 44.6 Å². The number of carbonyl (C=O) groups excluding carboxylic acids is 2. The van der Waals surface area contributed by atoms with E-state index in [1.807, 2.05) is 36.0 Å². The standard InChI is InChI=1S/C19H27N3O2S/c23-18(12-17-13-25-10-9-20-17)21-15-7-4-8-16(11-15)22-19(24)14-5-2-1-3-6-14/h4,7-8,11,14,17,20H,1-3,5-6,9-10,12-13H2,(H,21,23)(H,22,24). The van der Waals surface area contributed by atoms with Gasteiger partial charge < -0.3 is 16.0 Å². The summed E-state index contributed by atoms with van der Waals surface area (Å²) in [6.07, 6.45) is 5.96. The van der Waals surface area contributed by atoms with Crippen molar-refractivity contribution >= 4 is 35.0 Å². The van der Waals surface area contributed by atoms with Crippen molar-refractivity contribution in [3.63, 3.8) is 0 Å². The maximum absolute atomic E-state index is 12.4. The molecule has 1 aromatic rings. The topological polar surface area (TPSA) is 70.2 Å². The van der Waals surface area contributed by atoms with Gasteiger partial charge in [0.25, 0.3) is 0 Å². The Morgan fingerprint density at radius 2 is 1.88 bits per heavy atom. The Morgan fingerprint density at radius 1 is 1.12 bits per heavy atom. The van der Waals surface area contributed by atoms with Gasteiger partial charge in [0.15, 0.2) is 0 Å². The maximum Gasteiger partial charge on any atom is 0.227 e. The average molecular weight is 362 g/mol. The molecule has 1 aliphatic carbocycles. The minimum absolute atomic E-state index is 0.00996. The van der Waals surface area contributed by atoms with Gasteiger partial charge in [-0.1, -0.05) is 25.3 Å². The number of nitrogens with one attached hydrogen (secondary N) is 3. The van der Waals surface area contributed by atoms with Gasteiger partial charge in [-0.3, -0.25) is 9.59 Å². The molecule has 0 radical (unpaired) electrons. The van der Waals surface area contributed by atoms with Gasteiger partial charge >= 0.3 is 0 Å². The van der Waals surface area contributed by atoms with Crippen LogP contribution in [0.3, 0.4) is 0 Å². The molecule has 0 aromatic heterocycles. The van der Waals surface area contributed by atoms with Gasteiger partial charge in [0.2, 0.25) is 11.8 Å². The van der Waals surface area contributed by atoms with Crippen molar-refractivity contribution in [2.24, 2.45) is 5.92 Å². The van der Waals surface area contributed by atoms with Crippen molar-refractivity contribution in [2.75, 3.05) is 28.7 Å². The van der Waals surface area contributed by atoms with Crippen molar-refractivity contribution in [1.29, 1.82) is 0 Å². The third-order valence-corrected chi connectivity index (χ3v) is 5.95. The van der Waals surface area contributed by atoms with E-state index in [0.717, 1.165) is 55.1 Å².